The number of rotatable bonds is 6. The van der Waals surface area contributed by atoms with E-state index in [4.69, 9.17) is 0 Å². The molecule has 0 saturated carbocycles. The van der Waals surface area contributed by atoms with E-state index in [1.54, 1.807) is 0 Å². The van der Waals surface area contributed by atoms with E-state index < -0.39 is 0 Å². The van der Waals surface area contributed by atoms with E-state index in [0.717, 1.165) is 23.3 Å². The first kappa shape index (κ1) is 16.8. The Balaban J connectivity index is 3.10. The lowest BCUT2D eigenvalue weighted by atomic mass is 10.0. The third-order valence-corrected chi connectivity index (χ3v) is 4.37. The van der Waals surface area contributed by atoms with Gasteiger partial charge in [-0.2, -0.15) is 0 Å². The molecular formula is C18H24OS. The number of carbonyl (C=O) groups excluding carboxylic acids is 1. The van der Waals surface area contributed by atoms with Crippen LogP contribution in [-0.2, 0) is 4.79 Å². The average molecular weight is 288 g/mol. The highest BCUT2D eigenvalue weighted by Crippen LogP contribution is 2.31. The van der Waals surface area contributed by atoms with Crippen LogP contribution < -0.4 is 0 Å². The van der Waals surface area contributed by atoms with Gasteiger partial charge in [0.05, 0.1) is 0 Å². The quantitative estimate of drug-likeness (QED) is 0.492. The fourth-order valence-corrected chi connectivity index (χ4v) is 2.86. The fourth-order valence-electron chi connectivity index (χ4n) is 1.84. The highest BCUT2D eigenvalue weighted by molar-refractivity contribution is 8.13. The molecule has 1 nitrogen and oxygen atoms in total. The lowest BCUT2D eigenvalue weighted by Crippen LogP contribution is -2.05. The van der Waals surface area contributed by atoms with Gasteiger partial charge in [0.25, 0.3) is 0 Å². The van der Waals surface area contributed by atoms with Crippen LogP contribution in [0.3, 0.4) is 0 Å². The summed E-state index contributed by atoms with van der Waals surface area (Å²) in [6.45, 7) is 8.19. The van der Waals surface area contributed by atoms with E-state index >= 15 is 0 Å². The molecule has 0 amide bonds. The number of allylic oxidation sites excluding steroid dienone is 4. The molecule has 1 aromatic carbocycles. The second kappa shape index (κ2) is 8.80. The zero-order valence-electron chi connectivity index (χ0n) is 12.8. The summed E-state index contributed by atoms with van der Waals surface area (Å²) < 4.78 is 0. The summed E-state index contributed by atoms with van der Waals surface area (Å²) in [6, 6.07) is 8.15. The molecule has 108 valence electrons. The minimum atomic E-state index is 0.105. The first-order valence-corrected chi connectivity index (χ1v) is 8.09. The van der Waals surface area contributed by atoms with Crippen LogP contribution in [0.1, 0.15) is 46.1 Å². The minimum absolute atomic E-state index is 0.105. The molecule has 0 spiro atoms. The zero-order valence-corrected chi connectivity index (χ0v) is 13.7. The Kier molecular flexibility index (Phi) is 7.38. The predicted molar refractivity (Wildman–Crippen MR) is 89.8 cm³/mol. The van der Waals surface area contributed by atoms with Crippen molar-refractivity contribution >= 4 is 22.5 Å². The first-order valence-electron chi connectivity index (χ1n) is 7.27. The molecule has 1 atom stereocenters. The largest absolute Gasteiger partial charge is 0.287 e. The summed E-state index contributed by atoms with van der Waals surface area (Å²) in [5, 5.41) is 0.247. The Morgan fingerprint density at radius 3 is 2.60 bits per heavy atom. The van der Waals surface area contributed by atoms with Gasteiger partial charge in [-0.15, -0.1) is 0 Å². The van der Waals surface area contributed by atoms with Crippen LogP contribution in [0.15, 0.2) is 47.4 Å². The minimum Gasteiger partial charge on any atom is -0.287 e. The van der Waals surface area contributed by atoms with Gasteiger partial charge in [-0.05, 0) is 37.0 Å². The van der Waals surface area contributed by atoms with Gasteiger partial charge in [0.15, 0.2) is 5.12 Å². The van der Waals surface area contributed by atoms with Crippen molar-refractivity contribution in [3.8, 4) is 0 Å². The summed E-state index contributed by atoms with van der Waals surface area (Å²) >= 11 is 1.37. The number of thioether (sulfide) groups is 1. The topological polar surface area (TPSA) is 17.1 Å². The Hall–Kier alpha value is -1.28. The molecule has 2 heteroatoms. The molecule has 0 heterocycles. The van der Waals surface area contributed by atoms with E-state index in [1.165, 1.54) is 17.3 Å². The van der Waals surface area contributed by atoms with Gasteiger partial charge >= 0.3 is 0 Å². The molecule has 0 aliphatic carbocycles. The van der Waals surface area contributed by atoms with Crippen LogP contribution in [0.4, 0.5) is 0 Å². The second-order valence-electron chi connectivity index (χ2n) is 4.79. The van der Waals surface area contributed by atoms with Crippen molar-refractivity contribution in [2.24, 2.45) is 5.92 Å². The van der Waals surface area contributed by atoms with Gasteiger partial charge in [0.1, 0.15) is 0 Å². The molecule has 20 heavy (non-hydrogen) atoms. The van der Waals surface area contributed by atoms with Crippen LogP contribution in [0.25, 0.3) is 5.57 Å². The Morgan fingerprint density at radius 1 is 1.30 bits per heavy atom. The maximum absolute atomic E-state index is 12.2. The number of hydrogen-bond acceptors (Lipinski definition) is 2. The third-order valence-electron chi connectivity index (χ3n) is 3.19. The van der Waals surface area contributed by atoms with E-state index in [-0.39, 0.29) is 11.0 Å². The Bertz CT molecular complexity index is 500. The van der Waals surface area contributed by atoms with Crippen molar-refractivity contribution < 1.29 is 4.79 Å². The van der Waals surface area contributed by atoms with Gasteiger partial charge in [-0.1, -0.05) is 69.0 Å². The molecule has 1 rings (SSSR count). The number of benzene rings is 1. The average Bonchev–Trinajstić information content (AvgIpc) is 2.46. The highest BCUT2D eigenvalue weighted by atomic mass is 32.2. The standard InChI is InChI=1S/C18H24OS/c1-5-10-15(11-6-2)16-12-8-9-13-17(16)20-18(19)14(4)7-3/h5,8-14H,6-7H2,1-4H3/b10-5-,15-11+. The lowest BCUT2D eigenvalue weighted by Gasteiger charge is -2.12. The normalized spacial score (nSPS) is 13.7. The lowest BCUT2D eigenvalue weighted by molar-refractivity contribution is -0.113. The molecule has 0 saturated heterocycles. The number of hydrogen-bond donors (Lipinski definition) is 0. The Labute approximate surface area is 127 Å². The molecule has 1 aromatic rings. The van der Waals surface area contributed by atoms with Crippen molar-refractivity contribution in [2.45, 2.75) is 45.4 Å². The molecule has 0 aromatic heterocycles. The summed E-state index contributed by atoms with van der Waals surface area (Å²) in [5.74, 6) is 0.105. The zero-order chi connectivity index (χ0) is 15.0. The van der Waals surface area contributed by atoms with Crippen molar-refractivity contribution in [3.63, 3.8) is 0 Å². The van der Waals surface area contributed by atoms with Crippen LogP contribution in [0.5, 0.6) is 0 Å². The van der Waals surface area contributed by atoms with Crippen LogP contribution in [0.2, 0.25) is 0 Å². The predicted octanol–water partition coefficient (Wildman–Crippen LogP) is 5.72. The smallest absolute Gasteiger partial charge is 0.196 e. The van der Waals surface area contributed by atoms with Crippen molar-refractivity contribution in [1.82, 2.24) is 0 Å². The molecule has 0 N–H and O–H groups in total. The molecule has 0 fully saturated rings. The SMILES string of the molecule is C/C=C\C(=C/CC)c1ccccc1SC(=O)C(C)CC. The molecule has 0 radical (unpaired) electrons. The maximum Gasteiger partial charge on any atom is 0.196 e. The van der Waals surface area contributed by atoms with Gasteiger partial charge in [-0.3, -0.25) is 4.79 Å². The fraction of sp³-hybridized carbons (Fsp3) is 0.389. The van der Waals surface area contributed by atoms with E-state index in [9.17, 15) is 4.79 Å². The summed E-state index contributed by atoms with van der Waals surface area (Å²) in [5.41, 5.74) is 2.34. The molecule has 0 bridgehead atoms. The first-order chi connectivity index (χ1) is 9.63. The van der Waals surface area contributed by atoms with Gasteiger partial charge in [-0.25, -0.2) is 0 Å². The van der Waals surface area contributed by atoms with Crippen molar-refractivity contribution in [1.29, 1.82) is 0 Å². The van der Waals surface area contributed by atoms with Crippen LogP contribution >= 0.6 is 11.8 Å². The summed E-state index contributed by atoms with van der Waals surface area (Å²) in [6.07, 6.45) is 8.22. The van der Waals surface area contributed by atoms with Gasteiger partial charge < -0.3 is 0 Å². The van der Waals surface area contributed by atoms with Crippen LogP contribution in [-0.4, -0.2) is 5.12 Å². The second-order valence-corrected chi connectivity index (χ2v) is 5.84. The van der Waals surface area contributed by atoms with Crippen LogP contribution in [0, 0.1) is 5.92 Å². The van der Waals surface area contributed by atoms with E-state index in [0.29, 0.717) is 0 Å². The van der Waals surface area contributed by atoms with Gasteiger partial charge in [0.2, 0.25) is 0 Å². The van der Waals surface area contributed by atoms with Gasteiger partial charge in [0, 0.05) is 10.8 Å². The molecular weight excluding hydrogens is 264 g/mol. The molecule has 1 unspecified atom stereocenters. The number of carbonyl (C=O) groups is 1. The molecule has 0 aliphatic heterocycles. The monoisotopic (exact) mass is 288 g/mol. The summed E-state index contributed by atoms with van der Waals surface area (Å²) in [4.78, 5) is 13.2. The molecule has 0 aliphatic rings. The third kappa shape index (κ3) is 4.68. The summed E-state index contributed by atoms with van der Waals surface area (Å²) in [7, 11) is 0. The maximum atomic E-state index is 12.2. The van der Waals surface area contributed by atoms with E-state index in [2.05, 4.69) is 32.1 Å². The highest BCUT2D eigenvalue weighted by Gasteiger charge is 2.15. The van der Waals surface area contributed by atoms with E-state index in [1.807, 2.05) is 38.1 Å². The Morgan fingerprint density at radius 2 is 2.00 bits per heavy atom. The van der Waals surface area contributed by atoms with Crippen molar-refractivity contribution in [2.75, 3.05) is 0 Å². The van der Waals surface area contributed by atoms with Crippen molar-refractivity contribution in [3.05, 3.63) is 48.1 Å².